The number of ether oxygens (including phenoxy) is 2. The van der Waals surface area contributed by atoms with Gasteiger partial charge in [-0.15, -0.1) is 0 Å². The van der Waals surface area contributed by atoms with Crippen molar-refractivity contribution in [1.29, 1.82) is 0 Å². The van der Waals surface area contributed by atoms with E-state index in [0.717, 1.165) is 5.56 Å². The van der Waals surface area contributed by atoms with Crippen molar-refractivity contribution in [3.63, 3.8) is 0 Å². The second-order valence-electron chi connectivity index (χ2n) is 5.95. The Morgan fingerprint density at radius 1 is 1.37 bits per heavy atom. The number of halogens is 1. The summed E-state index contributed by atoms with van der Waals surface area (Å²) in [4.78, 5) is 24.9. The van der Waals surface area contributed by atoms with Gasteiger partial charge in [0, 0.05) is 13.3 Å². The van der Waals surface area contributed by atoms with Crippen LogP contribution in [0.15, 0.2) is 18.3 Å². The van der Waals surface area contributed by atoms with Gasteiger partial charge < -0.3 is 14.8 Å². The standard InChI is InChI=1S/C17H19ClN6O3/c1-9-5-6-19-11(7-9)20-15-14-12(21-17(18)22-15)13(16(25)27-4)23-24(14)8-10(2)26-3/h5-7,10H,8H2,1-4H3,(H,19,20,21,22). The molecule has 0 amide bonds. The van der Waals surface area contributed by atoms with Crippen LogP contribution in [0.3, 0.4) is 0 Å². The van der Waals surface area contributed by atoms with Gasteiger partial charge in [0.25, 0.3) is 0 Å². The van der Waals surface area contributed by atoms with Crippen molar-refractivity contribution < 1.29 is 14.3 Å². The lowest BCUT2D eigenvalue weighted by Crippen LogP contribution is -2.17. The molecule has 27 heavy (non-hydrogen) atoms. The first kappa shape index (κ1) is 19.0. The monoisotopic (exact) mass is 390 g/mol. The molecule has 0 aliphatic carbocycles. The van der Waals surface area contributed by atoms with E-state index in [4.69, 9.17) is 21.1 Å². The molecule has 3 aromatic rings. The van der Waals surface area contributed by atoms with Crippen LogP contribution in [-0.2, 0) is 16.0 Å². The van der Waals surface area contributed by atoms with Gasteiger partial charge in [-0.1, -0.05) is 0 Å². The number of hydrogen-bond acceptors (Lipinski definition) is 8. The molecule has 0 aromatic carbocycles. The summed E-state index contributed by atoms with van der Waals surface area (Å²) in [6.45, 7) is 4.22. The molecule has 0 radical (unpaired) electrons. The lowest BCUT2D eigenvalue weighted by atomic mass is 10.3. The lowest BCUT2D eigenvalue weighted by molar-refractivity contribution is 0.0592. The quantitative estimate of drug-likeness (QED) is 0.506. The van der Waals surface area contributed by atoms with E-state index < -0.39 is 5.97 Å². The summed E-state index contributed by atoms with van der Waals surface area (Å²) < 4.78 is 11.7. The summed E-state index contributed by atoms with van der Waals surface area (Å²) in [5, 5.41) is 7.45. The van der Waals surface area contributed by atoms with Gasteiger partial charge in [0.15, 0.2) is 11.5 Å². The van der Waals surface area contributed by atoms with Gasteiger partial charge in [-0.25, -0.2) is 14.8 Å². The van der Waals surface area contributed by atoms with Gasteiger partial charge >= 0.3 is 5.97 Å². The number of hydrogen-bond donors (Lipinski definition) is 1. The number of aryl methyl sites for hydroxylation is 1. The Morgan fingerprint density at radius 3 is 2.81 bits per heavy atom. The van der Waals surface area contributed by atoms with Crippen molar-refractivity contribution in [2.24, 2.45) is 0 Å². The van der Waals surface area contributed by atoms with Gasteiger partial charge in [-0.05, 0) is 43.1 Å². The first-order valence-electron chi connectivity index (χ1n) is 8.17. The van der Waals surface area contributed by atoms with Crippen LogP contribution in [-0.4, -0.2) is 51.0 Å². The minimum Gasteiger partial charge on any atom is -0.464 e. The molecule has 10 heteroatoms. The molecule has 0 saturated carbocycles. The normalized spacial score (nSPS) is 12.2. The number of methoxy groups -OCH3 is 2. The second-order valence-corrected chi connectivity index (χ2v) is 6.29. The van der Waals surface area contributed by atoms with Crippen molar-refractivity contribution in [3.8, 4) is 0 Å². The average molecular weight is 391 g/mol. The number of rotatable bonds is 6. The third kappa shape index (κ3) is 3.99. The molecule has 1 unspecified atom stereocenters. The molecule has 0 aliphatic heterocycles. The first-order chi connectivity index (χ1) is 12.9. The number of aromatic nitrogens is 5. The van der Waals surface area contributed by atoms with Crippen molar-refractivity contribution in [2.75, 3.05) is 19.5 Å². The van der Waals surface area contributed by atoms with Gasteiger partial charge in [0.2, 0.25) is 5.28 Å². The van der Waals surface area contributed by atoms with E-state index in [1.807, 2.05) is 26.0 Å². The summed E-state index contributed by atoms with van der Waals surface area (Å²) in [5.41, 5.74) is 1.88. The van der Waals surface area contributed by atoms with Crippen molar-refractivity contribution >= 4 is 40.2 Å². The molecule has 0 aliphatic rings. The highest BCUT2D eigenvalue weighted by Crippen LogP contribution is 2.28. The van der Waals surface area contributed by atoms with Crippen LogP contribution in [0.1, 0.15) is 23.0 Å². The summed E-state index contributed by atoms with van der Waals surface area (Å²) in [6.07, 6.45) is 1.53. The number of carbonyl (C=O) groups excluding carboxylic acids is 1. The second kappa shape index (κ2) is 7.85. The maximum Gasteiger partial charge on any atom is 0.360 e. The van der Waals surface area contributed by atoms with Crippen LogP contribution >= 0.6 is 11.6 Å². The fourth-order valence-corrected chi connectivity index (χ4v) is 2.72. The Balaban J connectivity index is 2.19. The van der Waals surface area contributed by atoms with Crippen molar-refractivity contribution in [3.05, 3.63) is 34.9 Å². The van der Waals surface area contributed by atoms with Crippen LogP contribution in [0.4, 0.5) is 11.6 Å². The fourth-order valence-electron chi connectivity index (χ4n) is 2.55. The highest BCUT2D eigenvalue weighted by molar-refractivity contribution is 6.29. The highest BCUT2D eigenvalue weighted by Gasteiger charge is 2.24. The molecule has 3 rings (SSSR count). The van der Waals surface area contributed by atoms with Crippen LogP contribution in [0.5, 0.6) is 0 Å². The minimum absolute atomic E-state index is 0.0258. The molecular formula is C17H19ClN6O3. The molecule has 1 atom stereocenters. The first-order valence-corrected chi connectivity index (χ1v) is 8.55. The zero-order valence-electron chi connectivity index (χ0n) is 15.4. The van der Waals surface area contributed by atoms with Crippen molar-refractivity contribution in [2.45, 2.75) is 26.5 Å². The van der Waals surface area contributed by atoms with E-state index in [2.05, 4.69) is 25.4 Å². The van der Waals surface area contributed by atoms with E-state index in [1.165, 1.54) is 7.11 Å². The van der Waals surface area contributed by atoms with Crippen LogP contribution < -0.4 is 5.32 Å². The molecule has 1 N–H and O–H groups in total. The molecule has 0 spiro atoms. The number of carbonyl (C=O) groups is 1. The van der Waals surface area contributed by atoms with Gasteiger partial charge in [0.1, 0.15) is 16.9 Å². The number of esters is 1. The Hall–Kier alpha value is -2.78. The Labute approximate surface area is 160 Å². The Morgan fingerprint density at radius 2 is 2.15 bits per heavy atom. The average Bonchev–Trinajstić information content (AvgIpc) is 2.99. The zero-order chi connectivity index (χ0) is 19.6. The maximum atomic E-state index is 12.2. The van der Waals surface area contributed by atoms with Crippen LogP contribution in [0.2, 0.25) is 5.28 Å². The predicted octanol–water partition coefficient (Wildman–Crippen LogP) is 2.75. The fraction of sp³-hybridized carbons (Fsp3) is 0.353. The predicted molar refractivity (Wildman–Crippen MR) is 100 cm³/mol. The third-order valence-corrected chi connectivity index (χ3v) is 4.10. The molecular weight excluding hydrogens is 372 g/mol. The van der Waals surface area contributed by atoms with Gasteiger partial charge in [-0.2, -0.15) is 10.1 Å². The smallest absolute Gasteiger partial charge is 0.360 e. The summed E-state index contributed by atoms with van der Waals surface area (Å²) in [5.74, 6) is 0.352. The highest BCUT2D eigenvalue weighted by atomic mass is 35.5. The lowest BCUT2D eigenvalue weighted by Gasteiger charge is -2.12. The van der Waals surface area contributed by atoms with E-state index in [0.29, 0.717) is 29.2 Å². The molecule has 3 aromatic heterocycles. The van der Waals surface area contributed by atoms with Gasteiger partial charge in [0.05, 0.1) is 19.8 Å². The molecule has 142 valence electrons. The SMILES string of the molecule is COC(=O)c1nn(CC(C)OC)c2c(Nc3cc(C)ccn3)nc(Cl)nc12. The van der Waals surface area contributed by atoms with E-state index in [-0.39, 0.29) is 17.1 Å². The molecule has 3 heterocycles. The topological polar surface area (TPSA) is 104 Å². The van der Waals surface area contributed by atoms with E-state index in [9.17, 15) is 4.79 Å². The maximum absolute atomic E-state index is 12.2. The summed E-state index contributed by atoms with van der Waals surface area (Å²) in [7, 11) is 2.88. The largest absolute Gasteiger partial charge is 0.464 e. The van der Waals surface area contributed by atoms with Crippen LogP contribution in [0.25, 0.3) is 11.0 Å². The third-order valence-electron chi connectivity index (χ3n) is 3.93. The number of pyridine rings is 1. The Bertz CT molecular complexity index is 990. The van der Waals surface area contributed by atoms with Crippen LogP contribution in [0, 0.1) is 6.92 Å². The zero-order valence-corrected chi connectivity index (χ0v) is 16.1. The van der Waals surface area contributed by atoms with Crippen molar-refractivity contribution in [1.82, 2.24) is 24.7 Å². The number of fused-ring (bicyclic) bond motifs is 1. The summed E-state index contributed by atoms with van der Waals surface area (Å²) in [6, 6.07) is 3.75. The molecule has 0 bridgehead atoms. The van der Waals surface area contributed by atoms with Gasteiger partial charge in [-0.3, -0.25) is 4.68 Å². The van der Waals surface area contributed by atoms with E-state index in [1.54, 1.807) is 18.0 Å². The Kier molecular flexibility index (Phi) is 5.52. The van der Waals surface area contributed by atoms with E-state index >= 15 is 0 Å². The number of nitrogens with zero attached hydrogens (tertiary/aromatic N) is 5. The minimum atomic E-state index is -0.613. The molecule has 0 fully saturated rings. The molecule has 9 nitrogen and oxygen atoms in total. The number of nitrogens with one attached hydrogen (secondary N) is 1. The number of anilines is 2. The molecule has 0 saturated heterocycles. The summed E-state index contributed by atoms with van der Waals surface area (Å²) >= 11 is 6.09.